The molecule has 0 radical (unpaired) electrons. The third-order valence-electron chi connectivity index (χ3n) is 7.72. The van der Waals surface area contributed by atoms with Gasteiger partial charge in [-0.15, -0.1) is 0 Å². The lowest BCUT2D eigenvalue weighted by atomic mass is 10.0. The third kappa shape index (κ3) is 8.45. The summed E-state index contributed by atoms with van der Waals surface area (Å²) < 4.78 is 4.94. The van der Waals surface area contributed by atoms with Gasteiger partial charge in [0.05, 0.1) is 20.2 Å². The quantitative estimate of drug-likeness (QED) is 0.285. The van der Waals surface area contributed by atoms with Crippen molar-refractivity contribution in [2.45, 2.75) is 37.9 Å². The van der Waals surface area contributed by atoms with Crippen LogP contribution >= 0.6 is 11.8 Å². The van der Waals surface area contributed by atoms with E-state index in [2.05, 4.69) is 39.5 Å². The highest BCUT2D eigenvalue weighted by molar-refractivity contribution is 7.98. The minimum atomic E-state index is -0.692. The van der Waals surface area contributed by atoms with Gasteiger partial charge < -0.3 is 19.9 Å². The Bertz CT molecular complexity index is 1340. The van der Waals surface area contributed by atoms with Crippen molar-refractivity contribution in [3.8, 4) is 0 Å². The summed E-state index contributed by atoms with van der Waals surface area (Å²) >= 11 is 1.62. The molecule has 2 heterocycles. The first-order valence-electron chi connectivity index (χ1n) is 14.3. The maximum atomic E-state index is 13.4. The highest BCUT2D eigenvalue weighted by Crippen LogP contribution is 2.23. The zero-order valence-corrected chi connectivity index (χ0v) is 25.5. The van der Waals surface area contributed by atoms with Gasteiger partial charge in [0.25, 0.3) is 0 Å². The number of likely N-dealkylation sites (tertiary alicyclic amines) is 1. The average molecular weight is 592 g/mol. The molecule has 0 spiro atoms. The van der Waals surface area contributed by atoms with Crippen LogP contribution in [0.2, 0.25) is 0 Å². The third-order valence-corrected chi connectivity index (χ3v) is 8.36. The Kier molecular flexibility index (Phi) is 11.6. The molecule has 0 bridgehead atoms. The van der Waals surface area contributed by atoms with Crippen molar-refractivity contribution in [1.82, 2.24) is 20.1 Å². The van der Waals surface area contributed by atoms with E-state index in [-0.39, 0.29) is 30.9 Å². The lowest BCUT2D eigenvalue weighted by Crippen LogP contribution is -2.50. The zero-order chi connectivity index (χ0) is 29.9. The molecule has 0 aliphatic carbocycles. The summed E-state index contributed by atoms with van der Waals surface area (Å²) in [7, 11) is 3.25. The molecule has 2 atom stereocenters. The van der Waals surface area contributed by atoms with Gasteiger partial charge in [0.15, 0.2) is 0 Å². The first-order valence-corrected chi connectivity index (χ1v) is 15.7. The van der Waals surface area contributed by atoms with Crippen molar-refractivity contribution < 1.29 is 19.1 Å². The summed E-state index contributed by atoms with van der Waals surface area (Å²) in [4.78, 5) is 49.2. The molecule has 2 amide bonds. The summed E-state index contributed by atoms with van der Waals surface area (Å²) in [5.74, 6) is 0.116. The summed E-state index contributed by atoms with van der Waals surface area (Å²) in [5.41, 5.74) is 2.05. The molecule has 3 aromatic rings. The number of methoxy groups -OCH3 is 1. The molecular weight excluding hydrogens is 550 g/mol. The second kappa shape index (κ2) is 15.6. The van der Waals surface area contributed by atoms with Gasteiger partial charge in [0.1, 0.15) is 6.04 Å². The Morgan fingerprint density at radius 1 is 1.10 bits per heavy atom. The van der Waals surface area contributed by atoms with E-state index in [0.29, 0.717) is 26.1 Å². The van der Waals surface area contributed by atoms with Gasteiger partial charge in [-0.25, -0.2) is 4.79 Å². The molecule has 4 rings (SSSR count). The maximum Gasteiger partial charge on any atom is 0.328 e. The minimum Gasteiger partial charge on any atom is -0.467 e. The number of amides is 2. The van der Waals surface area contributed by atoms with Gasteiger partial charge in [-0.1, -0.05) is 42.5 Å². The van der Waals surface area contributed by atoms with E-state index in [1.807, 2.05) is 53.4 Å². The van der Waals surface area contributed by atoms with E-state index >= 15 is 0 Å². The first-order chi connectivity index (χ1) is 20.4. The Labute approximate surface area is 252 Å². The summed E-state index contributed by atoms with van der Waals surface area (Å²) in [6.07, 6.45) is 7.69. The van der Waals surface area contributed by atoms with Crippen LogP contribution in [-0.2, 0) is 25.7 Å². The van der Waals surface area contributed by atoms with Crippen molar-refractivity contribution in [1.29, 1.82) is 0 Å². The fourth-order valence-corrected chi connectivity index (χ4v) is 6.03. The van der Waals surface area contributed by atoms with Crippen molar-refractivity contribution in [3.05, 3.63) is 72.6 Å². The molecule has 1 aromatic heterocycles. The van der Waals surface area contributed by atoms with Crippen LogP contribution in [0.1, 0.15) is 24.8 Å². The number of nitrogens with zero attached hydrogens (tertiary/aromatic N) is 4. The van der Waals surface area contributed by atoms with Crippen molar-refractivity contribution in [2.75, 3.05) is 57.2 Å². The number of hydrogen-bond donors (Lipinski definition) is 1. The largest absolute Gasteiger partial charge is 0.467 e. The molecule has 2 aromatic carbocycles. The number of aromatic nitrogens is 1. The van der Waals surface area contributed by atoms with Gasteiger partial charge in [-0.3, -0.25) is 19.5 Å². The average Bonchev–Trinajstić information content (AvgIpc) is 3.47. The number of hydrogen-bond acceptors (Lipinski definition) is 8. The predicted molar refractivity (Wildman–Crippen MR) is 168 cm³/mol. The molecule has 9 nitrogen and oxygen atoms in total. The number of carbonyl (C=O) groups excluding carboxylic acids is 3. The summed E-state index contributed by atoms with van der Waals surface area (Å²) in [6.45, 7) is 2.15. The second-order valence-electron chi connectivity index (χ2n) is 10.7. The lowest BCUT2D eigenvalue weighted by Gasteiger charge is -2.32. The number of fused-ring (bicyclic) bond motifs is 1. The topological polar surface area (TPSA) is 95.1 Å². The van der Waals surface area contributed by atoms with E-state index in [0.717, 1.165) is 40.6 Å². The number of thioether (sulfide) groups is 1. The number of carbonyl (C=O) groups is 3. The molecule has 1 saturated heterocycles. The first kappa shape index (κ1) is 31.3. The number of likely N-dealkylation sites (N-methyl/N-ethyl adjacent to an activating group) is 1. The van der Waals surface area contributed by atoms with Gasteiger partial charge in [0.2, 0.25) is 11.8 Å². The lowest BCUT2D eigenvalue weighted by molar-refractivity contribution is -0.145. The van der Waals surface area contributed by atoms with Crippen LogP contribution in [-0.4, -0.2) is 97.0 Å². The smallest absolute Gasteiger partial charge is 0.328 e. The Morgan fingerprint density at radius 2 is 1.86 bits per heavy atom. The van der Waals surface area contributed by atoms with Crippen LogP contribution in [0.3, 0.4) is 0 Å². The Hall–Kier alpha value is -3.63. The van der Waals surface area contributed by atoms with Crippen LogP contribution in [0.25, 0.3) is 10.8 Å². The SMILES string of the molecule is COC(=O)C(CCSC)NC(=O)CN(Cc1cccc2ccccc12)C[C@@H]1CCCN1C(=O)CN(C)c1ccncc1. The number of rotatable bonds is 14. The van der Waals surface area contributed by atoms with E-state index < -0.39 is 12.0 Å². The highest BCUT2D eigenvalue weighted by Gasteiger charge is 2.32. The normalized spacial score (nSPS) is 15.5. The summed E-state index contributed by atoms with van der Waals surface area (Å²) in [5, 5.41) is 5.17. The molecule has 1 unspecified atom stereocenters. The van der Waals surface area contributed by atoms with E-state index in [4.69, 9.17) is 4.74 Å². The monoisotopic (exact) mass is 591 g/mol. The van der Waals surface area contributed by atoms with Crippen LogP contribution in [0.5, 0.6) is 0 Å². The van der Waals surface area contributed by atoms with Gasteiger partial charge in [-0.05, 0) is 59.7 Å². The molecule has 1 N–H and O–H groups in total. The molecule has 1 fully saturated rings. The van der Waals surface area contributed by atoms with Crippen molar-refractivity contribution in [2.24, 2.45) is 0 Å². The molecular formula is C32H41N5O4S. The Morgan fingerprint density at radius 3 is 2.62 bits per heavy atom. The number of benzene rings is 2. The van der Waals surface area contributed by atoms with E-state index in [9.17, 15) is 14.4 Å². The molecule has 224 valence electrons. The number of anilines is 1. The van der Waals surface area contributed by atoms with Crippen LogP contribution in [0, 0.1) is 0 Å². The number of nitrogens with one attached hydrogen (secondary N) is 1. The standard InChI is InChI=1S/C32H41N5O4S/c1-35(26-13-16-33-17-14-26)23-31(39)37-18-7-11-27(37)21-36(20-25-10-6-9-24-8-4-5-12-28(24)25)22-30(38)34-29(15-19-42-3)32(40)41-2/h4-6,8-10,12-14,16-17,27,29H,7,11,15,18-23H2,1-3H3,(H,34,38)/t27-,29?/m0/s1. The summed E-state index contributed by atoms with van der Waals surface area (Å²) in [6, 6.07) is 17.5. The van der Waals surface area contributed by atoms with Gasteiger partial charge >= 0.3 is 5.97 Å². The van der Waals surface area contributed by atoms with Crippen LogP contribution in [0.4, 0.5) is 5.69 Å². The van der Waals surface area contributed by atoms with Crippen LogP contribution < -0.4 is 10.2 Å². The minimum absolute atomic E-state index is 0.0148. The van der Waals surface area contributed by atoms with Gasteiger partial charge in [0, 0.05) is 50.8 Å². The maximum absolute atomic E-state index is 13.4. The molecule has 1 aliphatic heterocycles. The van der Waals surface area contributed by atoms with E-state index in [1.165, 1.54) is 7.11 Å². The number of pyridine rings is 1. The Balaban J connectivity index is 1.50. The zero-order valence-electron chi connectivity index (χ0n) is 24.7. The second-order valence-corrected chi connectivity index (χ2v) is 11.7. The fourth-order valence-electron chi connectivity index (χ4n) is 5.56. The molecule has 42 heavy (non-hydrogen) atoms. The van der Waals surface area contributed by atoms with Crippen LogP contribution in [0.15, 0.2) is 67.0 Å². The fraction of sp³-hybridized carbons (Fsp3) is 0.438. The molecule has 1 aliphatic rings. The molecule has 0 saturated carbocycles. The van der Waals surface area contributed by atoms with Crippen molar-refractivity contribution >= 4 is 46.0 Å². The molecule has 10 heteroatoms. The number of ether oxygens (including phenoxy) is 1. The highest BCUT2D eigenvalue weighted by atomic mass is 32.2. The predicted octanol–water partition coefficient (Wildman–Crippen LogP) is 3.58. The van der Waals surface area contributed by atoms with Gasteiger partial charge in [-0.2, -0.15) is 11.8 Å². The van der Waals surface area contributed by atoms with Crippen molar-refractivity contribution in [3.63, 3.8) is 0 Å². The number of esters is 1. The van der Waals surface area contributed by atoms with E-state index in [1.54, 1.807) is 24.2 Å².